The monoisotopic (exact) mass is 311 g/mol. The van der Waals surface area contributed by atoms with Gasteiger partial charge in [-0.05, 0) is 38.7 Å². The minimum Gasteiger partial charge on any atom is -0.465 e. The fraction of sp³-hybridized carbons (Fsp3) is 0.368. The van der Waals surface area contributed by atoms with Crippen molar-refractivity contribution < 1.29 is 14.0 Å². The molecule has 2 aromatic rings. The van der Waals surface area contributed by atoms with Gasteiger partial charge in [0.15, 0.2) is 0 Å². The fourth-order valence-electron chi connectivity index (χ4n) is 3.18. The van der Waals surface area contributed by atoms with Crippen LogP contribution in [-0.4, -0.2) is 23.3 Å². The van der Waals surface area contributed by atoms with Crippen molar-refractivity contribution in [2.24, 2.45) is 0 Å². The van der Waals surface area contributed by atoms with E-state index in [-0.39, 0.29) is 11.8 Å². The van der Waals surface area contributed by atoms with Crippen LogP contribution < -0.4 is 0 Å². The Morgan fingerprint density at radius 3 is 2.09 bits per heavy atom. The molecule has 1 aromatic carbocycles. The summed E-state index contributed by atoms with van der Waals surface area (Å²) in [6, 6.07) is 10.4. The summed E-state index contributed by atoms with van der Waals surface area (Å²) in [7, 11) is 0. The maximum atomic E-state index is 12.4. The van der Waals surface area contributed by atoms with E-state index in [1.54, 1.807) is 13.8 Å². The highest BCUT2D eigenvalue weighted by Crippen LogP contribution is 2.30. The average Bonchev–Trinajstić information content (AvgIpc) is 2.97. The SMILES string of the molecule is Cc1oc(C)c2c1C(=O)N(CCCCCc1ccccc1)C2=O. The summed E-state index contributed by atoms with van der Waals surface area (Å²) in [6.07, 6.45) is 3.93. The Kier molecular flexibility index (Phi) is 4.33. The van der Waals surface area contributed by atoms with E-state index >= 15 is 0 Å². The Balaban J connectivity index is 1.51. The number of nitrogens with zero attached hydrogens (tertiary/aromatic N) is 1. The lowest BCUT2D eigenvalue weighted by atomic mass is 10.1. The molecule has 0 atom stereocenters. The van der Waals surface area contributed by atoms with Gasteiger partial charge in [0.05, 0.1) is 11.1 Å². The fourth-order valence-corrected chi connectivity index (χ4v) is 3.18. The van der Waals surface area contributed by atoms with Gasteiger partial charge in [-0.25, -0.2) is 0 Å². The van der Waals surface area contributed by atoms with E-state index in [1.807, 2.05) is 18.2 Å². The van der Waals surface area contributed by atoms with Gasteiger partial charge in [-0.1, -0.05) is 36.8 Å². The lowest BCUT2D eigenvalue weighted by Gasteiger charge is -2.14. The normalized spacial score (nSPS) is 13.7. The first-order valence-corrected chi connectivity index (χ1v) is 8.09. The molecule has 1 aliphatic rings. The van der Waals surface area contributed by atoms with Crippen molar-refractivity contribution in [2.75, 3.05) is 6.54 Å². The maximum absolute atomic E-state index is 12.4. The topological polar surface area (TPSA) is 50.5 Å². The van der Waals surface area contributed by atoms with E-state index in [0.29, 0.717) is 29.2 Å². The van der Waals surface area contributed by atoms with Crippen LogP contribution in [0, 0.1) is 13.8 Å². The van der Waals surface area contributed by atoms with Crippen molar-refractivity contribution in [3.05, 3.63) is 58.5 Å². The molecule has 4 heteroatoms. The Morgan fingerprint density at radius 2 is 1.48 bits per heavy atom. The molecule has 0 saturated carbocycles. The van der Waals surface area contributed by atoms with Crippen LogP contribution in [0.2, 0.25) is 0 Å². The largest absolute Gasteiger partial charge is 0.465 e. The third-order valence-corrected chi connectivity index (χ3v) is 4.37. The second kappa shape index (κ2) is 6.41. The molecule has 0 aliphatic carbocycles. The number of imide groups is 1. The van der Waals surface area contributed by atoms with Crippen molar-refractivity contribution in [3.63, 3.8) is 0 Å². The summed E-state index contributed by atoms with van der Waals surface area (Å²) in [4.78, 5) is 26.1. The van der Waals surface area contributed by atoms with Crippen LogP contribution in [-0.2, 0) is 6.42 Å². The standard InChI is InChI=1S/C19H21NO3/c1-13-16-17(14(2)23-13)19(22)20(18(16)21)12-8-4-7-11-15-9-5-3-6-10-15/h3,5-6,9-10H,4,7-8,11-12H2,1-2H3. The molecule has 0 unspecified atom stereocenters. The predicted molar refractivity (Wildman–Crippen MR) is 87.5 cm³/mol. The summed E-state index contributed by atoms with van der Waals surface area (Å²) in [6.45, 7) is 3.96. The molecule has 0 saturated heterocycles. The molecule has 120 valence electrons. The van der Waals surface area contributed by atoms with Gasteiger partial charge >= 0.3 is 0 Å². The Bertz CT molecular complexity index is 694. The summed E-state index contributed by atoms with van der Waals surface area (Å²) >= 11 is 0. The van der Waals surface area contributed by atoms with Crippen LogP contribution in [0.4, 0.5) is 0 Å². The summed E-state index contributed by atoms with van der Waals surface area (Å²) < 4.78 is 5.40. The van der Waals surface area contributed by atoms with Crippen molar-refractivity contribution in [1.29, 1.82) is 0 Å². The molecule has 0 bridgehead atoms. The molecule has 1 aliphatic heterocycles. The quantitative estimate of drug-likeness (QED) is 0.600. The highest BCUT2D eigenvalue weighted by molar-refractivity contribution is 6.22. The van der Waals surface area contributed by atoms with Crippen molar-refractivity contribution in [2.45, 2.75) is 39.5 Å². The van der Waals surface area contributed by atoms with Crippen LogP contribution in [0.15, 0.2) is 34.7 Å². The first kappa shape index (κ1) is 15.5. The third kappa shape index (κ3) is 2.93. The number of furan rings is 1. The number of hydrogen-bond acceptors (Lipinski definition) is 3. The Morgan fingerprint density at radius 1 is 0.870 bits per heavy atom. The third-order valence-electron chi connectivity index (χ3n) is 4.37. The van der Waals surface area contributed by atoms with E-state index in [1.165, 1.54) is 10.5 Å². The zero-order chi connectivity index (χ0) is 16.4. The zero-order valence-electron chi connectivity index (χ0n) is 13.6. The molecule has 0 fully saturated rings. The number of rotatable bonds is 6. The number of benzene rings is 1. The van der Waals surface area contributed by atoms with Crippen LogP contribution in [0.5, 0.6) is 0 Å². The minimum atomic E-state index is -0.206. The van der Waals surface area contributed by atoms with Gasteiger partial charge in [0.1, 0.15) is 11.5 Å². The highest BCUT2D eigenvalue weighted by atomic mass is 16.3. The number of aryl methyl sites for hydroxylation is 3. The van der Waals surface area contributed by atoms with Gasteiger partial charge in [0.2, 0.25) is 0 Å². The zero-order valence-corrected chi connectivity index (χ0v) is 13.6. The molecule has 0 N–H and O–H groups in total. The molecular weight excluding hydrogens is 290 g/mol. The molecule has 2 heterocycles. The minimum absolute atomic E-state index is 0.206. The maximum Gasteiger partial charge on any atom is 0.265 e. The first-order valence-electron chi connectivity index (χ1n) is 8.09. The molecular formula is C19H21NO3. The smallest absolute Gasteiger partial charge is 0.265 e. The molecule has 0 radical (unpaired) electrons. The lowest BCUT2D eigenvalue weighted by Crippen LogP contribution is -2.31. The van der Waals surface area contributed by atoms with Gasteiger partial charge in [-0.3, -0.25) is 14.5 Å². The molecule has 4 nitrogen and oxygen atoms in total. The van der Waals surface area contributed by atoms with E-state index < -0.39 is 0 Å². The van der Waals surface area contributed by atoms with Gasteiger partial charge in [0.25, 0.3) is 11.8 Å². The summed E-state index contributed by atoms with van der Waals surface area (Å²) in [5.41, 5.74) is 2.24. The van der Waals surface area contributed by atoms with Crippen LogP contribution >= 0.6 is 0 Å². The van der Waals surface area contributed by atoms with E-state index in [4.69, 9.17) is 4.42 Å². The van der Waals surface area contributed by atoms with Crippen LogP contribution in [0.3, 0.4) is 0 Å². The van der Waals surface area contributed by atoms with E-state index in [2.05, 4.69) is 12.1 Å². The second-order valence-electron chi connectivity index (χ2n) is 6.02. The summed E-state index contributed by atoms with van der Waals surface area (Å²) in [5.74, 6) is 0.676. The number of hydrogen-bond donors (Lipinski definition) is 0. The number of carbonyl (C=O) groups is 2. The Hall–Kier alpha value is -2.36. The number of unbranched alkanes of at least 4 members (excludes halogenated alkanes) is 2. The van der Waals surface area contributed by atoms with Crippen LogP contribution in [0.1, 0.15) is 57.1 Å². The molecule has 23 heavy (non-hydrogen) atoms. The average molecular weight is 311 g/mol. The van der Waals surface area contributed by atoms with Gasteiger partial charge in [-0.15, -0.1) is 0 Å². The first-order chi connectivity index (χ1) is 11.1. The van der Waals surface area contributed by atoms with E-state index in [9.17, 15) is 9.59 Å². The lowest BCUT2D eigenvalue weighted by molar-refractivity contribution is 0.0647. The number of fused-ring (bicyclic) bond motifs is 1. The second-order valence-corrected chi connectivity index (χ2v) is 6.02. The van der Waals surface area contributed by atoms with Crippen LogP contribution in [0.25, 0.3) is 0 Å². The number of carbonyl (C=O) groups excluding carboxylic acids is 2. The van der Waals surface area contributed by atoms with E-state index in [0.717, 1.165) is 25.7 Å². The van der Waals surface area contributed by atoms with Gasteiger partial charge < -0.3 is 4.42 Å². The molecule has 2 amide bonds. The van der Waals surface area contributed by atoms with Crippen molar-refractivity contribution in [3.8, 4) is 0 Å². The molecule has 0 spiro atoms. The van der Waals surface area contributed by atoms with Crippen molar-refractivity contribution in [1.82, 2.24) is 4.90 Å². The van der Waals surface area contributed by atoms with Crippen molar-refractivity contribution >= 4 is 11.8 Å². The number of amides is 2. The molecule has 3 rings (SSSR count). The van der Waals surface area contributed by atoms with Gasteiger partial charge in [0, 0.05) is 6.54 Å². The highest BCUT2D eigenvalue weighted by Gasteiger charge is 2.40. The Labute approximate surface area is 136 Å². The predicted octanol–water partition coefficient (Wildman–Crippen LogP) is 3.91. The summed E-state index contributed by atoms with van der Waals surface area (Å²) in [5, 5.41) is 0. The van der Waals surface area contributed by atoms with Gasteiger partial charge in [-0.2, -0.15) is 0 Å². The molecule has 1 aromatic heterocycles.